The van der Waals surface area contributed by atoms with Crippen LogP contribution in [-0.4, -0.2) is 43.8 Å². The molecule has 0 aliphatic carbocycles. The molecule has 4 nitrogen and oxygen atoms in total. The van der Waals surface area contributed by atoms with Crippen molar-refractivity contribution in [3.63, 3.8) is 0 Å². The first-order valence-corrected chi connectivity index (χ1v) is 13.2. The third kappa shape index (κ3) is 10.3. The van der Waals surface area contributed by atoms with Crippen LogP contribution in [0.15, 0.2) is 54.6 Å². The Morgan fingerprint density at radius 1 is 0.824 bits per heavy atom. The normalized spacial score (nSPS) is 12.4. The van der Waals surface area contributed by atoms with Crippen LogP contribution in [0.5, 0.6) is 5.75 Å². The maximum absolute atomic E-state index is 12.8. The number of likely N-dealkylation sites (N-methyl/N-ethyl adjacent to an activating group) is 1. The number of carbonyl (C=O) groups excluding carboxylic acids is 1. The molecule has 0 saturated carbocycles. The lowest BCUT2D eigenvalue weighted by Crippen LogP contribution is -2.52. The van der Waals surface area contributed by atoms with Gasteiger partial charge in [0.2, 0.25) is 0 Å². The Hall–Kier alpha value is -2.33. The summed E-state index contributed by atoms with van der Waals surface area (Å²) in [4.78, 5) is 12.8. The van der Waals surface area contributed by atoms with E-state index < -0.39 is 0 Å². The number of carbonyl (C=O) groups is 1. The number of nitrogens with zero attached hydrogens (tertiary/aromatic N) is 1. The second-order valence-corrected chi connectivity index (χ2v) is 9.88. The minimum atomic E-state index is -0.203. The number of hydrogen-bond donors (Lipinski definition) is 0. The van der Waals surface area contributed by atoms with E-state index in [4.69, 9.17) is 9.47 Å². The molecule has 2 aromatic rings. The van der Waals surface area contributed by atoms with Crippen molar-refractivity contribution in [2.75, 3.05) is 27.3 Å². The van der Waals surface area contributed by atoms with Crippen molar-refractivity contribution in [2.45, 2.75) is 84.2 Å². The first-order chi connectivity index (χ1) is 16.5. The minimum Gasteiger partial charge on any atom is -0.490 e. The van der Waals surface area contributed by atoms with Crippen molar-refractivity contribution in [2.24, 2.45) is 0 Å². The van der Waals surface area contributed by atoms with E-state index in [2.05, 4.69) is 51.4 Å². The largest absolute Gasteiger partial charge is 0.490 e. The smallest absolute Gasteiger partial charge is 0.365 e. The Kier molecular flexibility index (Phi) is 12.8. The average Bonchev–Trinajstić information content (AvgIpc) is 2.82. The quantitative estimate of drug-likeness (QED) is 0.143. The molecule has 2 aromatic carbocycles. The molecule has 0 heterocycles. The van der Waals surface area contributed by atoms with Crippen LogP contribution in [-0.2, 0) is 22.5 Å². The second-order valence-electron chi connectivity index (χ2n) is 9.88. The minimum absolute atomic E-state index is 0.153. The van der Waals surface area contributed by atoms with Crippen LogP contribution in [0.3, 0.4) is 0 Å². The Bertz CT molecular complexity index is 819. The zero-order chi connectivity index (χ0) is 24.7. The molecular weight excluding hydrogens is 422 g/mol. The van der Waals surface area contributed by atoms with Crippen LogP contribution in [0.1, 0.15) is 76.3 Å². The highest BCUT2D eigenvalue weighted by Gasteiger charge is 2.34. The van der Waals surface area contributed by atoms with E-state index in [1.807, 2.05) is 31.2 Å². The van der Waals surface area contributed by atoms with Crippen LogP contribution in [0.25, 0.3) is 0 Å². The molecule has 0 N–H and O–H groups in total. The fraction of sp³-hybridized carbons (Fsp3) is 0.567. The molecular formula is C30H46NO3+. The lowest BCUT2D eigenvalue weighted by atomic mass is 10.0. The summed E-state index contributed by atoms with van der Waals surface area (Å²) in [6.07, 6.45) is 11.1. The molecule has 34 heavy (non-hydrogen) atoms. The molecule has 0 saturated heterocycles. The highest BCUT2D eigenvalue weighted by Crippen LogP contribution is 2.19. The van der Waals surface area contributed by atoms with E-state index in [1.54, 1.807) is 0 Å². The molecule has 2 rings (SSSR count). The van der Waals surface area contributed by atoms with Gasteiger partial charge in [-0.1, -0.05) is 94.8 Å². The predicted octanol–water partition coefficient (Wildman–Crippen LogP) is 6.96. The van der Waals surface area contributed by atoms with Gasteiger partial charge in [-0.2, -0.15) is 0 Å². The Balaban J connectivity index is 1.71. The van der Waals surface area contributed by atoms with E-state index in [-0.39, 0.29) is 18.6 Å². The van der Waals surface area contributed by atoms with Crippen LogP contribution < -0.4 is 4.74 Å². The molecule has 1 atom stereocenters. The molecule has 0 amide bonds. The second kappa shape index (κ2) is 15.5. The van der Waals surface area contributed by atoms with Crippen LogP contribution >= 0.6 is 0 Å². The highest BCUT2D eigenvalue weighted by molar-refractivity contribution is 5.74. The van der Waals surface area contributed by atoms with Gasteiger partial charge in [-0.25, -0.2) is 4.79 Å². The average molecular weight is 469 g/mol. The SMILES string of the molecule is CCCCCCCCCc1cccc(OCCOC(=O)C(CC)[N+](C)(C)Cc2ccccc2)c1. The Morgan fingerprint density at radius 2 is 1.50 bits per heavy atom. The van der Waals surface area contributed by atoms with E-state index in [1.165, 1.54) is 56.1 Å². The van der Waals surface area contributed by atoms with Gasteiger partial charge in [-0.3, -0.25) is 0 Å². The molecule has 0 radical (unpaired) electrons. The summed E-state index contributed by atoms with van der Waals surface area (Å²) in [6, 6.07) is 18.4. The zero-order valence-electron chi connectivity index (χ0n) is 21.9. The van der Waals surface area contributed by atoms with Gasteiger partial charge in [0, 0.05) is 12.0 Å². The van der Waals surface area contributed by atoms with Gasteiger partial charge in [0.25, 0.3) is 0 Å². The Labute approximate surface area is 207 Å². The third-order valence-corrected chi connectivity index (χ3v) is 6.50. The van der Waals surface area contributed by atoms with E-state index in [0.717, 1.165) is 25.1 Å². The summed E-state index contributed by atoms with van der Waals surface area (Å²) < 4.78 is 12.1. The molecule has 1 unspecified atom stereocenters. The summed E-state index contributed by atoms with van der Waals surface area (Å²) >= 11 is 0. The summed E-state index contributed by atoms with van der Waals surface area (Å²) in [5.74, 6) is 0.698. The summed E-state index contributed by atoms with van der Waals surface area (Å²) in [5.41, 5.74) is 2.53. The fourth-order valence-electron chi connectivity index (χ4n) is 4.59. The van der Waals surface area contributed by atoms with Crippen molar-refractivity contribution in [1.29, 1.82) is 0 Å². The third-order valence-electron chi connectivity index (χ3n) is 6.50. The first-order valence-electron chi connectivity index (χ1n) is 13.2. The van der Waals surface area contributed by atoms with Crippen molar-refractivity contribution >= 4 is 5.97 Å². The summed E-state index contributed by atoms with van der Waals surface area (Å²) in [5, 5.41) is 0. The highest BCUT2D eigenvalue weighted by atomic mass is 16.6. The molecule has 4 heteroatoms. The van der Waals surface area contributed by atoms with Crippen molar-refractivity contribution in [3.8, 4) is 5.75 Å². The number of rotatable bonds is 17. The number of quaternary nitrogens is 1. The van der Waals surface area contributed by atoms with Gasteiger partial charge in [-0.05, 0) is 30.5 Å². The predicted molar refractivity (Wildman–Crippen MR) is 141 cm³/mol. The monoisotopic (exact) mass is 468 g/mol. The number of benzene rings is 2. The van der Waals surface area contributed by atoms with Gasteiger partial charge in [0.15, 0.2) is 6.04 Å². The number of ether oxygens (including phenoxy) is 2. The number of esters is 1. The van der Waals surface area contributed by atoms with E-state index in [9.17, 15) is 4.79 Å². The van der Waals surface area contributed by atoms with Gasteiger partial charge in [0.05, 0.1) is 14.1 Å². The van der Waals surface area contributed by atoms with E-state index >= 15 is 0 Å². The van der Waals surface area contributed by atoms with Gasteiger partial charge in [-0.15, -0.1) is 0 Å². The Morgan fingerprint density at radius 3 is 2.21 bits per heavy atom. The summed E-state index contributed by atoms with van der Waals surface area (Å²) in [6.45, 7) is 5.73. The van der Waals surface area contributed by atoms with Crippen LogP contribution in [0, 0.1) is 0 Å². The van der Waals surface area contributed by atoms with Crippen molar-refractivity contribution in [3.05, 3.63) is 65.7 Å². The van der Waals surface area contributed by atoms with Gasteiger partial charge < -0.3 is 14.0 Å². The number of aryl methyl sites for hydroxylation is 1. The van der Waals surface area contributed by atoms with E-state index in [0.29, 0.717) is 11.1 Å². The standard InChI is InChI=1S/C30H46NO3/c1-5-7-8-9-10-11-13-17-26-20-16-21-28(24-26)33-22-23-34-30(32)29(6-2)31(3,4)25-27-18-14-12-15-19-27/h12,14-16,18-21,24,29H,5-11,13,17,22-23,25H2,1-4H3/q+1. The first kappa shape index (κ1) is 27.9. The maximum Gasteiger partial charge on any atom is 0.365 e. The zero-order valence-corrected chi connectivity index (χ0v) is 21.9. The number of unbranched alkanes of at least 4 members (excludes halogenated alkanes) is 6. The van der Waals surface area contributed by atoms with Crippen molar-refractivity contribution < 1.29 is 18.8 Å². The lowest BCUT2D eigenvalue weighted by Gasteiger charge is -2.36. The van der Waals surface area contributed by atoms with Crippen LogP contribution in [0.2, 0.25) is 0 Å². The van der Waals surface area contributed by atoms with Crippen LogP contribution in [0.4, 0.5) is 0 Å². The molecule has 0 aliphatic heterocycles. The lowest BCUT2D eigenvalue weighted by molar-refractivity contribution is -0.919. The van der Waals surface area contributed by atoms with Gasteiger partial charge >= 0.3 is 5.97 Å². The maximum atomic E-state index is 12.8. The number of hydrogen-bond acceptors (Lipinski definition) is 3. The topological polar surface area (TPSA) is 35.5 Å². The molecule has 0 bridgehead atoms. The summed E-state index contributed by atoms with van der Waals surface area (Å²) in [7, 11) is 4.19. The van der Waals surface area contributed by atoms with Gasteiger partial charge in [0.1, 0.15) is 25.5 Å². The molecule has 0 aromatic heterocycles. The molecule has 0 aliphatic rings. The molecule has 188 valence electrons. The van der Waals surface area contributed by atoms with Crippen molar-refractivity contribution in [1.82, 2.24) is 0 Å². The molecule has 0 spiro atoms. The molecule has 0 fully saturated rings. The fourth-order valence-corrected chi connectivity index (χ4v) is 4.59.